The topological polar surface area (TPSA) is 46.3 Å². The highest BCUT2D eigenvalue weighted by atomic mass is 16.2. The van der Waals surface area contributed by atoms with Crippen molar-refractivity contribution in [3.63, 3.8) is 0 Å². The highest BCUT2D eigenvalue weighted by Gasteiger charge is 2.40. The summed E-state index contributed by atoms with van der Waals surface area (Å²) in [5.74, 6) is 0.120. The van der Waals surface area contributed by atoms with Crippen LogP contribution in [-0.4, -0.2) is 22.4 Å². The summed E-state index contributed by atoms with van der Waals surface area (Å²) in [7, 11) is 0. The Morgan fingerprint density at radius 3 is 2.10 bits per heavy atom. The Balaban J connectivity index is 2.13. The molecule has 0 saturated heterocycles. The van der Waals surface area contributed by atoms with Gasteiger partial charge in [0.1, 0.15) is 0 Å². The van der Waals surface area contributed by atoms with Crippen LogP contribution in [0, 0.1) is 0 Å². The fourth-order valence-electron chi connectivity index (χ4n) is 2.67. The van der Waals surface area contributed by atoms with Crippen molar-refractivity contribution in [2.45, 2.75) is 71.0 Å². The second kappa shape index (κ2) is 6.61. The second-order valence-electron chi connectivity index (χ2n) is 6.20. The molecule has 116 valence electrons. The third-order valence-corrected chi connectivity index (χ3v) is 4.72. The Morgan fingerprint density at radius 2 is 1.67 bits per heavy atom. The quantitative estimate of drug-likeness (QED) is 0.837. The van der Waals surface area contributed by atoms with Crippen LogP contribution in [0.25, 0.3) is 0 Å². The van der Waals surface area contributed by atoms with Crippen molar-refractivity contribution >= 4 is 5.91 Å². The molecule has 0 aliphatic heterocycles. The Morgan fingerprint density at radius 1 is 1.14 bits per heavy atom. The van der Waals surface area contributed by atoms with Gasteiger partial charge in [-0.2, -0.15) is 0 Å². The number of aryl methyl sites for hydroxylation is 1. The van der Waals surface area contributed by atoms with Gasteiger partial charge >= 0.3 is 0 Å². The minimum Gasteiger partial charge on any atom is -0.334 e. The molecule has 1 saturated carbocycles. The maximum absolute atomic E-state index is 12.8. The number of benzene rings is 1. The summed E-state index contributed by atoms with van der Waals surface area (Å²) in [6, 6.07) is 8.97. The molecule has 1 aliphatic carbocycles. The van der Waals surface area contributed by atoms with Crippen molar-refractivity contribution < 1.29 is 4.79 Å². The van der Waals surface area contributed by atoms with Crippen molar-refractivity contribution in [2.24, 2.45) is 5.73 Å². The zero-order chi connectivity index (χ0) is 15.5. The summed E-state index contributed by atoms with van der Waals surface area (Å²) in [5, 5.41) is 0. The Bertz CT molecular complexity index is 472. The molecule has 0 spiro atoms. The molecular formula is C18H28N2O. The maximum Gasteiger partial charge on any atom is 0.243 e. The predicted molar refractivity (Wildman–Crippen MR) is 86.9 cm³/mol. The van der Waals surface area contributed by atoms with Crippen molar-refractivity contribution in [2.75, 3.05) is 0 Å². The van der Waals surface area contributed by atoms with Gasteiger partial charge in [0, 0.05) is 12.6 Å². The minimum atomic E-state index is -0.702. The molecule has 1 aliphatic rings. The summed E-state index contributed by atoms with van der Waals surface area (Å²) >= 11 is 0. The number of carbonyl (C=O) groups excluding carboxylic acids is 1. The first-order valence-electron chi connectivity index (χ1n) is 8.21. The van der Waals surface area contributed by atoms with Gasteiger partial charge in [0.15, 0.2) is 0 Å². The fraction of sp³-hybridized carbons (Fsp3) is 0.611. The lowest BCUT2D eigenvalue weighted by molar-refractivity contribution is -0.138. The number of hydrogen-bond donors (Lipinski definition) is 1. The molecule has 3 heteroatoms. The summed E-state index contributed by atoms with van der Waals surface area (Å²) in [5.41, 5.74) is 8.14. The highest BCUT2D eigenvalue weighted by Crippen LogP contribution is 2.31. The van der Waals surface area contributed by atoms with Gasteiger partial charge in [-0.25, -0.2) is 0 Å². The summed E-state index contributed by atoms with van der Waals surface area (Å²) in [6.07, 6.45) is 4.66. The molecule has 0 aromatic heterocycles. The normalized spacial score (nSPS) is 15.0. The highest BCUT2D eigenvalue weighted by molar-refractivity contribution is 5.86. The first kappa shape index (κ1) is 16.0. The van der Waals surface area contributed by atoms with E-state index in [1.807, 2.05) is 18.7 Å². The van der Waals surface area contributed by atoms with Crippen molar-refractivity contribution in [3.8, 4) is 0 Å². The maximum atomic E-state index is 12.8. The van der Waals surface area contributed by atoms with E-state index in [1.165, 1.54) is 11.1 Å². The Kier molecular flexibility index (Phi) is 5.04. The lowest BCUT2D eigenvalue weighted by atomic mass is 9.92. The predicted octanol–water partition coefficient (Wildman–Crippen LogP) is 3.26. The molecule has 1 aromatic carbocycles. The number of carbonyl (C=O) groups is 1. The molecule has 0 radical (unpaired) electrons. The molecule has 1 fully saturated rings. The van der Waals surface area contributed by atoms with E-state index in [1.54, 1.807) is 0 Å². The molecule has 1 amide bonds. The van der Waals surface area contributed by atoms with Gasteiger partial charge in [-0.3, -0.25) is 4.79 Å². The molecule has 3 nitrogen and oxygen atoms in total. The average Bonchev–Trinajstić information content (AvgIpc) is 3.36. The van der Waals surface area contributed by atoms with E-state index >= 15 is 0 Å². The van der Waals surface area contributed by atoms with Gasteiger partial charge in [0.2, 0.25) is 5.91 Å². The van der Waals surface area contributed by atoms with E-state index in [2.05, 4.69) is 31.2 Å². The number of amides is 1. The minimum absolute atomic E-state index is 0.120. The average molecular weight is 288 g/mol. The second-order valence-corrected chi connectivity index (χ2v) is 6.20. The fourth-order valence-corrected chi connectivity index (χ4v) is 2.67. The monoisotopic (exact) mass is 288 g/mol. The van der Waals surface area contributed by atoms with E-state index in [0.717, 1.165) is 19.3 Å². The number of nitrogens with zero attached hydrogens (tertiary/aromatic N) is 1. The van der Waals surface area contributed by atoms with Crippen LogP contribution in [0.1, 0.15) is 57.6 Å². The number of hydrogen-bond acceptors (Lipinski definition) is 2. The third-order valence-electron chi connectivity index (χ3n) is 4.72. The summed E-state index contributed by atoms with van der Waals surface area (Å²) in [6.45, 7) is 6.85. The van der Waals surface area contributed by atoms with Gasteiger partial charge in [-0.15, -0.1) is 0 Å². The van der Waals surface area contributed by atoms with Crippen LogP contribution < -0.4 is 5.73 Å². The number of nitrogens with two attached hydrogens (primary N) is 1. The number of rotatable bonds is 7. The van der Waals surface area contributed by atoms with Gasteiger partial charge in [-0.1, -0.05) is 45.0 Å². The molecule has 0 atom stereocenters. The van der Waals surface area contributed by atoms with Crippen molar-refractivity contribution in [3.05, 3.63) is 35.4 Å². The summed E-state index contributed by atoms with van der Waals surface area (Å²) in [4.78, 5) is 14.8. The van der Waals surface area contributed by atoms with E-state index < -0.39 is 5.54 Å². The molecule has 21 heavy (non-hydrogen) atoms. The van der Waals surface area contributed by atoms with Crippen LogP contribution in [0.15, 0.2) is 24.3 Å². The molecular weight excluding hydrogens is 260 g/mol. The molecule has 1 aromatic rings. The van der Waals surface area contributed by atoms with Gasteiger partial charge in [0.25, 0.3) is 0 Å². The lowest BCUT2D eigenvalue weighted by Gasteiger charge is -2.33. The molecule has 0 unspecified atom stereocenters. The van der Waals surface area contributed by atoms with Crippen LogP contribution in [0.4, 0.5) is 0 Å². The van der Waals surface area contributed by atoms with Crippen LogP contribution in [-0.2, 0) is 17.8 Å². The van der Waals surface area contributed by atoms with Gasteiger partial charge < -0.3 is 10.6 Å². The zero-order valence-electron chi connectivity index (χ0n) is 13.6. The smallest absolute Gasteiger partial charge is 0.243 e. The molecule has 0 heterocycles. The van der Waals surface area contributed by atoms with Gasteiger partial charge in [0.05, 0.1) is 5.54 Å². The molecule has 2 N–H and O–H groups in total. The van der Waals surface area contributed by atoms with Crippen molar-refractivity contribution in [1.82, 2.24) is 4.90 Å². The third kappa shape index (κ3) is 3.65. The van der Waals surface area contributed by atoms with E-state index in [0.29, 0.717) is 25.4 Å². The van der Waals surface area contributed by atoms with Crippen LogP contribution in [0.5, 0.6) is 0 Å². The molecule has 0 bridgehead atoms. The lowest BCUT2D eigenvalue weighted by Crippen LogP contribution is -2.55. The zero-order valence-corrected chi connectivity index (χ0v) is 13.6. The Hall–Kier alpha value is -1.35. The summed E-state index contributed by atoms with van der Waals surface area (Å²) < 4.78 is 0. The Labute approximate surface area is 128 Å². The van der Waals surface area contributed by atoms with Crippen molar-refractivity contribution in [1.29, 1.82) is 0 Å². The van der Waals surface area contributed by atoms with Gasteiger partial charge in [-0.05, 0) is 43.2 Å². The standard InChI is InChI=1S/C18H28N2O/c1-4-14-7-9-15(10-8-14)13-20(16-11-12-16)17(21)18(19,5-2)6-3/h7-10,16H,4-6,11-13,19H2,1-3H3. The van der Waals surface area contributed by atoms with Crippen LogP contribution in [0.2, 0.25) is 0 Å². The first-order valence-corrected chi connectivity index (χ1v) is 8.21. The molecule has 2 rings (SSSR count). The van der Waals surface area contributed by atoms with E-state index in [9.17, 15) is 4.79 Å². The SMILES string of the molecule is CCc1ccc(CN(C(=O)C(N)(CC)CC)C2CC2)cc1. The van der Waals surface area contributed by atoms with E-state index in [4.69, 9.17) is 5.73 Å². The largest absolute Gasteiger partial charge is 0.334 e. The first-order chi connectivity index (χ1) is 10.0. The van der Waals surface area contributed by atoms with E-state index in [-0.39, 0.29) is 5.91 Å². The van der Waals surface area contributed by atoms with Crippen LogP contribution in [0.3, 0.4) is 0 Å². The van der Waals surface area contributed by atoms with Crippen LogP contribution >= 0.6 is 0 Å².